The van der Waals surface area contributed by atoms with Gasteiger partial charge in [-0.05, 0) is 30.7 Å². The van der Waals surface area contributed by atoms with Crippen LogP contribution in [0.15, 0.2) is 41.0 Å². The number of methoxy groups -OCH3 is 1. The smallest absolute Gasteiger partial charge is 0.374 e. The highest BCUT2D eigenvalue weighted by Gasteiger charge is 2.49. The lowest BCUT2D eigenvalue weighted by atomic mass is 9.92. The van der Waals surface area contributed by atoms with Gasteiger partial charge in [0.2, 0.25) is 5.76 Å². The van der Waals surface area contributed by atoms with E-state index in [4.69, 9.17) is 16.0 Å². The Labute approximate surface area is 148 Å². The molecular formula is C17H15ClN2O5. The first-order valence-electron chi connectivity index (χ1n) is 7.41. The maximum absolute atomic E-state index is 12.9. The van der Waals surface area contributed by atoms with E-state index in [2.05, 4.69) is 10.1 Å². The Morgan fingerprint density at radius 1 is 1.28 bits per heavy atom. The second-order valence-electron chi connectivity index (χ2n) is 5.72. The van der Waals surface area contributed by atoms with Gasteiger partial charge in [-0.2, -0.15) is 0 Å². The second kappa shape index (κ2) is 6.25. The SMILES string of the molecule is COC(=O)c1occc1CN1C(=O)NC(C)(c2ccc(Cl)cc2)C1=O. The third-order valence-corrected chi connectivity index (χ3v) is 4.39. The van der Waals surface area contributed by atoms with Gasteiger partial charge in [0.15, 0.2) is 0 Å². The number of hydrogen-bond acceptors (Lipinski definition) is 5. The van der Waals surface area contributed by atoms with Crippen LogP contribution >= 0.6 is 11.6 Å². The fourth-order valence-electron chi connectivity index (χ4n) is 2.72. The van der Waals surface area contributed by atoms with Crippen LogP contribution in [0.5, 0.6) is 0 Å². The molecule has 1 N–H and O–H groups in total. The zero-order chi connectivity index (χ0) is 18.2. The van der Waals surface area contributed by atoms with Crippen LogP contribution in [0.3, 0.4) is 0 Å². The number of halogens is 1. The molecule has 1 atom stereocenters. The average Bonchev–Trinajstić information content (AvgIpc) is 3.14. The molecule has 1 aliphatic heterocycles. The first kappa shape index (κ1) is 17.0. The summed E-state index contributed by atoms with van der Waals surface area (Å²) in [5.74, 6) is -1.15. The molecule has 1 saturated heterocycles. The van der Waals surface area contributed by atoms with Gasteiger partial charge in [0.05, 0.1) is 19.9 Å². The highest BCUT2D eigenvalue weighted by Crippen LogP contribution is 2.31. The number of rotatable bonds is 4. The predicted molar refractivity (Wildman–Crippen MR) is 87.9 cm³/mol. The molecule has 3 rings (SSSR count). The largest absolute Gasteiger partial charge is 0.463 e. The summed E-state index contributed by atoms with van der Waals surface area (Å²) in [5, 5.41) is 3.22. The standard InChI is InChI=1S/C17H15ClN2O5/c1-17(11-3-5-12(18)6-4-11)15(22)20(16(23)19-17)9-10-7-8-25-13(10)14(21)24-2/h3-8H,9H2,1-2H3,(H,19,23). The first-order valence-corrected chi connectivity index (χ1v) is 7.79. The molecule has 0 saturated carbocycles. The number of carbonyl (C=O) groups is 3. The summed E-state index contributed by atoms with van der Waals surface area (Å²) in [6.07, 6.45) is 1.30. The van der Waals surface area contributed by atoms with Crippen LogP contribution in [0.4, 0.5) is 4.79 Å². The first-order chi connectivity index (χ1) is 11.9. The molecule has 0 bridgehead atoms. The number of ether oxygens (including phenoxy) is 1. The number of hydrogen-bond donors (Lipinski definition) is 1. The van der Waals surface area contributed by atoms with Crippen LogP contribution in [-0.2, 0) is 21.6 Å². The summed E-state index contributed by atoms with van der Waals surface area (Å²) in [7, 11) is 1.22. The molecule has 1 fully saturated rings. The molecule has 8 heteroatoms. The van der Waals surface area contributed by atoms with Gasteiger partial charge < -0.3 is 14.5 Å². The van der Waals surface area contributed by atoms with Crippen molar-refractivity contribution in [3.63, 3.8) is 0 Å². The van der Waals surface area contributed by atoms with E-state index in [1.165, 1.54) is 19.4 Å². The van der Waals surface area contributed by atoms with Crippen molar-refractivity contribution in [3.05, 3.63) is 58.5 Å². The molecule has 0 spiro atoms. The minimum Gasteiger partial charge on any atom is -0.463 e. The fourth-order valence-corrected chi connectivity index (χ4v) is 2.85. The molecular weight excluding hydrogens is 348 g/mol. The van der Waals surface area contributed by atoms with Gasteiger partial charge in [-0.1, -0.05) is 23.7 Å². The van der Waals surface area contributed by atoms with Crippen LogP contribution < -0.4 is 5.32 Å². The van der Waals surface area contributed by atoms with Crippen molar-refractivity contribution in [1.82, 2.24) is 10.2 Å². The quantitative estimate of drug-likeness (QED) is 0.667. The molecule has 0 radical (unpaired) electrons. The summed E-state index contributed by atoms with van der Waals surface area (Å²) >= 11 is 5.88. The molecule has 2 aromatic rings. The van der Waals surface area contributed by atoms with E-state index < -0.39 is 23.4 Å². The highest BCUT2D eigenvalue weighted by atomic mass is 35.5. The number of imide groups is 1. The second-order valence-corrected chi connectivity index (χ2v) is 6.16. The van der Waals surface area contributed by atoms with E-state index in [1.54, 1.807) is 31.2 Å². The lowest BCUT2D eigenvalue weighted by Crippen LogP contribution is -2.40. The van der Waals surface area contributed by atoms with Crippen molar-refractivity contribution < 1.29 is 23.5 Å². The van der Waals surface area contributed by atoms with Crippen molar-refractivity contribution in [3.8, 4) is 0 Å². The Morgan fingerprint density at radius 3 is 2.60 bits per heavy atom. The van der Waals surface area contributed by atoms with Crippen molar-refractivity contribution in [1.29, 1.82) is 0 Å². The lowest BCUT2D eigenvalue weighted by Gasteiger charge is -2.22. The van der Waals surface area contributed by atoms with Crippen molar-refractivity contribution in [2.75, 3.05) is 7.11 Å². The van der Waals surface area contributed by atoms with E-state index in [1.807, 2.05) is 0 Å². The maximum atomic E-state index is 12.9. The molecule has 1 aromatic carbocycles. The zero-order valence-electron chi connectivity index (χ0n) is 13.5. The van der Waals surface area contributed by atoms with Crippen LogP contribution in [0, 0.1) is 0 Å². The van der Waals surface area contributed by atoms with E-state index >= 15 is 0 Å². The number of nitrogens with zero attached hydrogens (tertiary/aromatic N) is 1. The number of esters is 1. The molecule has 3 amide bonds. The number of benzene rings is 1. The highest BCUT2D eigenvalue weighted by molar-refractivity contribution is 6.30. The third kappa shape index (κ3) is 2.87. The summed E-state index contributed by atoms with van der Waals surface area (Å²) in [5.41, 5.74) is -0.217. The minimum atomic E-state index is -1.21. The monoisotopic (exact) mass is 362 g/mol. The van der Waals surface area contributed by atoms with Gasteiger partial charge in [0, 0.05) is 10.6 Å². The molecule has 1 aliphatic rings. The van der Waals surface area contributed by atoms with Crippen LogP contribution in [0.25, 0.3) is 0 Å². The van der Waals surface area contributed by atoms with Crippen molar-refractivity contribution in [2.45, 2.75) is 19.0 Å². The van der Waals surface area contributed by atoms with Gasteiger partial charge in [0.25, 0.3) is 5.91 Å². The number of amides is 3. The normalized spacial score (nSPS) is 19.9. The summed E-state index contributed by atoms with van der Waals surface area (Å²) in [6, 6.07) is 7.62. The van der Waals surface area contributed by atoms with Crippen LogP contribution in [-0.4, -0.2) is 29.9 Å². The Kier molecular flexibility index (Phi) is 4.26. The zero-order valence-corrected chi connectivity index (χ0v) is 14.3. The van der Waals surface area contributed by atoms with E-state index in [-0.39, 0.29) is 12.3 Å². The number of carbonyl (C=O) groups excluding carboxylic acids is 3. The van der Waals surface area contributed by atoms with Crippen molar-refractivity contribution in [2.24, 2.45) is 0 Å². The fraction of sp³-hybridized carbons (Fsp3) is 0.235. The average molecular weight is 363 g/mol. The van der Waals surface area contributed by atoms with Crippen LogP contribution in [0.1, 0.15) is 28.6 Å². The Hall–Kier alpha value is -2.80. The Balaban J connectivity index is 1.88. The van der Waals surface area contributed by atoms with Gasteiger partial charge in [-0.15, -0.1) is 0 Å². The van der Waals surface area contributed by atoms with Gasteiger partial charge in [-0.25, -0.2) is 9.59 Å². The summed E-state index contributed by atoms with van der Waals surface area (Å²) < 4.78 is 9.71. The molecule has 1 aromatic heterocycles. The van der Waals surface area contributed by atoms with E-state index in [0.717, 1.165) is 4.90 Å². The summed E-state index contributed by atoms with van der Waals surface area (Å²) in [6.45, 7) is 1.52. The molecule has 25 heavy (non-hydrogen) atoms. The molecule has 130 valence electrons. The van der Waals surface area contributed by atoms with Crippen molar-refractivity contribution >= 4 is 29.5 Å². The van der Waals surface area contributed by atoms with Gasteiger partial charge in [-0.3, -0.25) is 9.69 Å². The summed E-state index contributed by atoms with van der Waals surface area (Å²) in [4.78, 5) is 37.9. The molecule has 7 nitrogen and oxygen atoms in total. The topological polar surface area (TPSA) is 88.8 Å². The van der Waals surface area contributed by atoms with E-state index in [9.17, 15) is 14.4 Å². The van der Waals surface area contributed by atoms with Gasteiger partial charge >= 0.3 is 12.0 Å². The Morgan fingerprint density at radius 2 is 1.96 bits per heavy atom. The predicted octanol–water partition coefficient (Wildman–Crippen LogP) is 2.69. The Bertz CT molecular complexity index is 845. The lowest BCUT2D eigenvalue weighted by molar-refractivity contribution is -0.131. The molecule has 2 heterocycles. The number of urea groups is 1. The van der Waals surface area contributed by atoms with Crippen LogP contribution in [0.2, 0.25) is 5.02 Å². The number of furan rings is 1. The third-order valence-electron chi connectivity index (χ3n) is 4.14. The molecule has 1 unspecified atom stereocenters. The molecule has 0 aliphatic carbocycles. The number of nitrogens with one attached hydrogen (secondary N) is 1. The van der Waals surface area contributed by atoms with Gasteiger partial charge in [0.1, 0.15) is 5.54 Å². The minimum absolute atomic E-state index is 0.0387. The maximum Gasteiger partial charge on any atom is 0.374 e. The van der Waals surface area contributed by atoms with E-state index in [0.29, 0.717) is 16.1 Å².